The van der Waals surface area contributed by atoms with Crippen molar-refractivity contribution < 1.29 is 4.79 Å². The molecule has 0 unspecified atom stereocenters. The maximum Gasteiger partial charge on any atom is 0.255 e. The van der Waals surface area contributed by atoms with Crippen molar-refractivity contribution in [1.29, 1.82) is 0 Å². The highest BCUT2D eigenvalue weighted by molar-refractivity contribution is 9.10. The smallest absolute Gasteiger partial charge is 0.255 e. The number of amides is 1. The number of halogens is 2. The predicted molar refractivity (Wildman–Crippen MR) is 85.2 cm³/mol. The fourth-order valence-corrected chi connectivity index (χ4v) is 2.48. The van der Waals surface area contributed by atoms with Crippen LogP contribution in [0.1, 0.15) is 21.6 Å². The Kier molecular flexibility index (Phi) is 4.30. The van der Waals surface area contributed by atoms with Crippen LogP contribution in [0.5, 0.6) is 0 Å². The molecule has 0 atom stereocenters. The Morgan fingerprint density at radius 1 is 1.30 bits per heavy atom. The van der Waals surface area contributed by atoms with Crippen molar-refractivity contribution in [3.63, 3.8) is 0 Å². The lowest BCUT2D eigenvalue weighted by Gasteiger charge is -2.10. The van der Waals surface area contributed by atoms with Gasteiger partial charge >= 0.3 is 0 Å². The van der Waals surface area contributed by atoms with Crippen LogP contribution in [-0.2, 0) is 0 Å². The number of rotatable bonds is 2. The number of anilines is 2. The van der Waals surface area contributed by atoms with Crippen molar-refractivity contribution >= 4 is 44.9 Å². The summed E-state index contributed by atoms with van der Waals surface area (Å²) in [7, 11) is 0. The Hall–Kier alpha value is -1.59. The van der Waals surface area contributed by atoms with E-state index in [4.69, 9.17) is 17.3 Å². The number of benzene rings is 1. The summed E-state index contributed by atoms with van der Waals surface area (Å²) in [5, 5.41) is 3.39. The van der Waals surface area contributed by atoms with Gasteiger partial charge in [-0.05, 0) is 59.6 Å². The van der Waals surface area contributed by atoms with E-state index in [1.807, 2.05) is 13.0 Å². The molecule has 6 heteroatoms. The van der Waals surface area contributed by atoms with Crippen molar-refractivity contribution in [2.75, 3.05) is 11.1 Å². The Labute approximate surface area is 130 Å². The lowest BCUT2D eigenvalue weighted by molar-refractivity contribution is 0.102. The third kappa shape index (κ3) is 3.29. The van der Waals surface area contributed by atoms with Gasteiger partial charge in [0.1, 0.15) is 5.82 Å². The molecule has 1 aromatic carbocycles. The Morgan fingerprint density at radius 3 is 2.65 bits per heavy atom. The summed E-state index contributed by atoms with van der Waals surface area (Å²) in [6, 6.07) is 6.77. The lowest BCUT2D eigenvalue weighted by Crippen LogP contribution is -2.13. The first kappa shape index (κ1) is 14.8. The molecule has 0 fully saturated rings. The summed E-state index contributed by atoms with van der Waals surface area (Å²) in [5.41, 5.74) is 8.33. The lowest BCUT2D eigenvalue weighted by atomic mass is 10.2. The van der Waals surface area contributed by atoms with E-state index in [0.717, 1.165) is 10.0 Å². The number of carbonyl (C=O) groups excluding carboxylic acids is 1. The second-order valence-electron chi connectivity index (χ2n) is 4.46. The minimum atomic E-state index is -0.261. The van der Waals surface area contributed by atoms with Crippen LogP contribution in [0, 0.1) is 13.8 Å². The maximum absolute atomic E-state index is 12.2. The molecule has 0 saturated heterocycles. The monoisotopic (exact) mass is 353 g/mol. The fourth-order valence-electron chi connectivity index (χ4n) is 1.76. The molecule has 2 aromatic rings. The molecule has 104 valence electrons. The summed E-state index contributed by atoms with van der Waals surface area (Å²) >= 11 is 9.46. The maximum atomic E-state index is 12.2. The van der Waals surface area contributed by atoms with Gasteiger partial charge in [0, 0.05) is 20.8 Å². The molecule has 0 radical (unpaired) electrons. The normalized spacial score (nSPS) is 10.4. The number of aromatic nitrogens is 1. The number of nitrogens with two attached hydrogens (primary N) is 1. The van der Waals surface area contributed by atoms with Crippen LogP contribution >= 0.6 is 27.5 Å². The molecule has 0 spiro atoms. The van der Waals surface area contributed by atoms with E-state index in [2.05, 4.69) is 26.2 Å². The summed E-state index contributed by atoms with van der Waals surface area (Å²) in [4.78, 5) is 16.2. The zero-order valence-electron chi connectivity index (χ0n) is 11.0. The molecule has 0 bridgehead atoms. The van der Waals surface area contributed by atoms with Crippen LogP contribution in [0.15, 0.2) is 28.7 Å². The van der Waals surface area contributed by atoms with E-state index >= 15 is 0 Å². The second-order valence-corrected chi connectivity index (χ2v) is 5.72. The minimum Gasteiger partial charge on any atom is -0.384 e. The average molecular weight is 355 g/mol. The molecule has 1 aromatic heterocycles. The predicted octanol–water partition coefficient (Wildman–Crippen LogP) is 3.95. The van der Waals surface area contributed by atoms with Crippen LogP contribution in [0.3, 0.4) is 0 Å². The zero-order valence-corrected chi connectivity index (χ0v) is 13.3. The number of nitrogens with one attached hydrogen (secondary N) is 1. The van der Waals surface area contributed by atoms with E-state index in [1.165, 1.54) is 6.07 Å². The molecule has 20 heavy (non-hydrogen) atoms. The third-order valence-electron chi connectivity index (χ3n) is 2.73. The summed E-state index contributed by atoms with van der Waals surface area (Å²) in [5.74, 6) is 0.0546. The SMILES string of the molecule is Cc1cc(C(=O)Nc2cc(Cl)c(C)cc2Br)cc(N)n1. The Bertz CT molecular complexity index is 668. The topological polar surface area (TPSA) is 68.0 Å². The van der Waals surface area contributed by atoms with E-state index < -0.39 is 0 Å². The Morgan fingerprint density at radius 2 is 2.00 bits per heavy atom. The fraction of sp³-hybridized carbons (Fsp3) is 0.143. The van der Waals surface area contributed by atoms with E-state index in [9.17, 15) is 4.79 Å². The summed E-state index contributed by atoms with van der Waals surface area (Å²) < 4.78 is 0.770. The largest absolute Gasteiger partial charge is 0.384 e. The number of nitrogens with zero attached hydrogens (tertiary/aromatic N) is 1. The zero-order chi connectivity index (χ0) is 14.9. The van der Waals surface area contributed by atoms with Gasteiger partial charge in [0.25, 0.3) is 5.91 Å². The van der Waals surface area contributed by atoms with Gasteiger partial charge < -0.3 is 11.1 Å². The van der Waals surface area contributed by atoms with Gasteiger partial charge in [0.15, 0.2) is 0 Å². The van der Waals surface area contributed by atoms with Gasteiger partial charge in [0.2, 0.25) is 0 Å². The number of carbonyl (C=O) groups is 1. The Balaban J connectivity index is 2.30. The van der Waals surface area contributed by atoms with Gasteiger partial charge in [-0.3, -0.25) is 4.79 Å². The number of pyridine rings is 1. The van der Waals surface area contributed by atoms with Crippen LogP contribution in [-0.4, -0.2) is 10.9 Å². The molecule has 1 amide bonds. The van der Waals surface area contributed by atoms with Crippen LogP contribution < -0.4 is 11.1 Å². The number of hydrogen-bond donors (Lipinski definition) is 2. The van der Waals surface area contributed by atoms with E-state index in [1.54, 1.807) is 19.1 Å². The van der Waals surface area contributed by atoms with Gasteiger partial charge in [-0.15, -0.1) is 0 Å². The second kappa shape index (κ2) is 5.81. The molecule has 4 nitrogen and oxygen atoms in total. The van der Waals surface area contributed by atoms with Crippen LogP contribution in [0.25, 0.3) is 0 Å². The standard InChI is InChI=1S/C14H13BrClN3O/c1-7-3-10(15)12(6-11(7)16)19-14(20)9-4-8(2)18-13(17)5-9/h3-6H,1-2H3,(H2,17,18)(H,19,20). The quantitative estimate of drug-likeness (QED) is 0.858. The highest BCUT2D eigenvalue weighted by Gasteiger charge is 2.11. The summed E-state index contributed by atoms with van der Waals surface area (Å²) in [6.45, 7) is 3.68. The van der Waals surface area contributed by atoms with Gasteiger partial charge in [-0.2, -0.15) is 0 Å². The molecule has 0 aliphatic heterocycles. The van der Waals surface area contributed by atoms with Crippen molar-refractivity contribution in [3.05, 3.63) is 50.6 Å². The molecule has 1 heterocycles. The van der Waals surface area contributed by atoms with Gasteiger partial charge in [0.05, 0.1) is 5.69 Å². The first-order valence-corrected chi connectivity index (χ1v) is 7.05. The number of nitrogen functional groups attached to an aromatic ring is 1. The van der Waals surface area contributed by atoms with Crippen molar-refractivity contribution in [2.45, 2.75) is 13.8 Å². The third-order valence-corrected chi connectivity index (χ3v) is 3.80. The molecule has 0 aliphatic rings. The van der Waals surface area contributed by atoms with Gasteiger partial charge in [-0.25, -0.2) is 4.98 Å². The molecular formula is C14H13BrClN3O. The highest BCUT2D eigenvalue weighted by atomic mass is 79.9. The van der Waals surface area contributed by atoms with Crippen LogP contribution in [0.4, 0.5) is 11.5 Å². The van der Waals surface area contributed by atoms with Gasteiger partial charge in [-0.1, -0.05) is 11.6 Å². The minimum absolute atomic E-state index is 0.261. The first-order chi connectivity index (χ1) is 9.36. The summed E-state index contributed by atoms with van der Waals surface area (Å²) in [6.07, 6.45) is 0. The molecular weight excluding hydrogens is 342 g/mol. The van der Waals surface area contributed by atoms with Crippen molar-refractivity contribution in [1.82, 2.24) is 4.98 Å². The molecule has 3 N–H and O–H groups in total. The number of hydrogen-bond acceptors (Lipinski definition) is 3. The molecule has 0 saturated carbocycles. The molecule has 0 aliphatic carbocycles. The van der Waals surface area contributed by atoms with Crippen molar-refractivity contribution in [3.8, 4) is 0 Å². The van der Waals surface area contributed by atoms with Crippen molar-refractivity contribution in [2.24, 2.45) is 0 Å². The number of aryl methyl sites for hydroxylation is 2. The molecule has 2 rings (SSSR count). The van der Waals surface area contributed by atoms with E-state index in [-0.39, 0.29) is 5.91 Å². The highest BCUT2D eigenvalue weighted by Crippen LogP contribution is 2.29. The first-order valence-electron chi connectivity index (χ1n) is 5.88. The van der Waals surface area contributed by atoms with E-state index in [0.29, 0.717) is 27.8 Å². The average Bonchev–Trinajstić information content (AvgIpc) is 2.34. The van der Waals surface area contributed by atoms with Crippen LogP contribution in [0.2, 0.25) is 5.02 Å².